The average molecular weight is 1820 g/mol. The highest BCUT2D eigenvalue weighted by Crippen LogP contribution is 2.36. The topological polar surface area (TPSA) is 421 Å². The van der Waals surface area contributed by atoms with E-state index in [0.29, 0.717) is 115 Å². The standard InChI is InChI=1S/C30H26N6O2.C13H13N3O3.C13H15N3O2.C13H14N2O3.C13H12N2O3.C7H7NO2.C6H6BrNO/c1-36-13-10-19-4-5-20(14-26(19)36)24-15-23(16-25-30(24)32-12-11-31-25)35-29(21-6-8-27(37-2)33-17-21)22-7-9-28(38-3)34-18-22;1-18-11-5-3-9(7-14-11)13(16-17)10-4-6-12(19-2)15-8-10;1-17-11-5-3-9(7-15-11)13(14)10-4-6-12(18-2)16-8-10;2*1-17-11-5-3-9(7-14-11)13(16)10-4-6-12(18-2)15-8-10;1-10-7-3-2-6(5-9)4-8-7;1-9-6-3-2-5(7)4-8-6/h4-18,29,35H,1-3H3;3-8,17H,1-2H3;3-8,13H,14H2,1-2H3;3-8,13,16H,1-2H3;3-8H,1-2H3;2-5H,1H3;2-4H,1H3. The predicted molar refractivity (Wildman–Crippen MR) is 490 cm³/mol. The molecule has 666 valence electrons. The van der Waals surface area contributed by atoms with Crippen LogP contribution in [0.4, 0.5) is 5.69 Å². The third-order valence-corrected chi connectivity index (χ3v) is 19.3. The molecule has 0 aliphatic carbocycles. The van der Waals surface area contributed by atoms with Crippen LogP contribution in [0.1, 0.15) is 89.0 Å². The molecule has 14 heterocycles. The van der Waals surface area contributed by atoms with Gasteiger partial charge in [-0.05, 0) is 134 Å². The van der Waals surface area contributed by atoms with Crippen LogP contribution in [-0.4, -0.2) is 188 Å². The molecule has 14 aromatic heterocycles. The van der Waals surface area contributed by atoms with E-state index in [1.165, 1.54) is 59.5 Å². The van der Waals surface area contributed by atoms with Crippen LogP contribution in [0.5, 0.6) is 70.6 Å². The Morgan fingerprint density at radius 2 is 0.738 bits per heavy atom. The number of aldehydes is 1. The van der Waals surface area contributed by atoms with Crippen LogP contribution in [0, 0.1) is 0 Å². The second-order valence-corrected chi connectivity index (χ2v) is 27.7. The number of rotatable bonds is 26. The SMILES string of the molecule is COc1ccc(Br)cn1.COc1ccc(C(=NO)c2ccc(OC)nc2)cn1.COc1ccc(C(=O)c2ccc(OC)nc2)cn1.COc1ccc(C(N)c2ccc(OC)nc2)cn1.COc1ccc(C(Nc2cc(-c3ccc4ccn(C)c4c3)c3nccnc3c2)c2ccc(OC)nc2)cn1.COc1ccc(C(O)c2ccc(OC)nc2)cn1.COc1ccc(C=O)cn1. The summed E-state index contributed by atoms with van der Waals surface area (Å²) >= 11 is 3.26. The first-order chi connectivity index (χ1) is 63.3. The Morgan fingerprint density at radius 3 is 1.08 bits per heavy atom. The van der Waals surface area contributed by atoms with Crippen LogP contribution >= 0.6 is 15.9 Å². The van der Waals surface area contributed by atoms with Crippen molar-refractivity contribution in [2.24, 2.45) is 17.9 Å². The molecule has 34 nitrogen and oxygen atoms in total. The molecule has 0 amide bonds. The molecule has 0 unspecified atom stereocenters. The first kappa shape index (κ1) is 96.0. The number of benzene rings is 2. The van der Waals surface area contributed by atoms with E-state index in [2.05, 4.69) is 144 Å². The molecule has 16 rings (SSSR count). The number of aromatic nitrogens is 15. The fourth-order valence-electron chi connectivity index (χ4n) is 11.9. The maximum Gasteiger partial charge on any atom is 0.212 e. The lowest BCUT2D eigenvalue weighted by Gasteiger charge is -2.22. The number of aliphatic hydroxyl groups is 1. The number of nitrogens with two attached hydrogens (primary N) is 1. The third kappa shape index (κ3) is 27.1. The molecule has 0 fully saturated rings. The average Bonchev–Trinajstić information content (AvgIpc) is 1.33. The monoisotopic (exact) mass is 1820 g/mol. The van der Waals surface area contributed by atoms with Crippen LogP contribution in [-0.2, 0) is 7.05 Å². The Morgan fingerprint density at radius 1 is 0.392 bits per heavy atom. The molecule has 16 aromatic rings. The Bertz CT molecular complexity index is 5860. The Kier molecular flexibility index (Phi) is 36.5. The summed E-state index contributed by atoms with van der Waals surface area (Å²) in [5, 5.41) is 27.5. The van der Waals surface area contributed by atoms with Crippen molar-refractivity contribution in [3.8, 4) is 81.7 Å². The maximum absolute atomic E-state index is 12.1. The largest absolute Gasteiger partial charge is 0.481 e. The molecule has 0 atom stereocenters. The summed E-state index contributed by atoms with van der Waals surface area (Å²) < 4.78 is 63.0. The van der Waals surface area contributed by atoms with Crippen molar-refractivity contribution in [1.82, 2.24) is 74.3 Å². The summed E-state index contributed by atoms with van der Waals surface area (Å²) in [6.45, 7) is 0. The Labute approximate surface area is 757 Å². The van der Waals surface area contributed by atoms with Crippen molar-refractivity contribution >= 4 is 61.3 Å². The number of methoxy groups -OCH3 is 12. The second-order valence-electron chi connectivity index (χ2n) is 26.8. The highest BCUT2D eigenvalue weighted by molar-refractivity contribution is 9.10. The van der Waals surface area contributed by atoms with E-state index < -0.39 is 6.10 Å². The van der Waals surface area contributed by atoms with E-state index in [9.17, 15) is 14.7 Å². The molecular weight excluding hydrogens is 1730 g/mol. The van der Waals surface area contributed by atoms with Gasteiger partial charge < -0.3 is 82.8 Å². The van der Waals surface area contributed by atoms with E-state index in [-0.39, 0.29) is 17.9 Å². The number of anilines is 1. The van der Waals surface area contributed by atoms with E-state index in [1.807, 2.05) is 60.9 Å². The van der Waals surface area contributed by atoms with Crippen molar-refractivity contribution in [3.05, 3.63) is 341 Å². The van der Waals surface area contributed by atoms with Gasteiger partial charge in [-0.1, -0.05) is 29.4 Å². The lowest BCUT2D eigenvalue weighted by atomic mass is 9.99. The molecular formula is C95H93BrN18O16. The maximum atomic E-state index is 12.1. The van der Waals surface area contributed by atoms with Gasteiger partial charge in [0.2, 0.25) is 70.6 Å². The molecule has 0 aliphatic rings. The highest BCUT2D eigenvalue weighted by atomic mass is 79.9. The summed E-state index contributed by atoms with van der Waals surface area (Å²) in [6.07, 6.45) is 24.9. The molecule has 0 bridgehead atoms. The minimum atomic E-state index is -0.762. The first-order valence-electron chi connectivity index (χ1n) is 39.2. The summed E-state index contributed by atoms with van der Waals surface area (Å²) in [6, 6.07) is 54.7. The zero-order chi connectivity index (χ0) is 92.7. The number of nitrogens with one attached hydrogen (secondary N) is 1. The fourth-order valence-corrected chi connectivity index (χ4v) is 12.1. The molecule has 0 spiro atoms. The van der Waals surface area contributed by atoms with Gasteiger partial charge in [0.1, 0.15) is 11.8 Å². The zero-order valence-corrected chi connectivity index (χ0v) is 74.6. The van der Waals surface area contributed by atoms with Crippen LogP contribution in [0.3, 0.4) is 0 Å². The Balaban J connectivity index is 0.000000166. The number of nitrogens with zero attached hydrogens (tertiary/aromatic N) is 16. The number of carbonyl (C=O) groups is 2. The number of carbonyl (C=O) groups excluding carboxylic acids is 2. The van der Waals surface area contributed by atoms with Gasteiger partial charge in [0.15, 0.2) is 12.1 Å². The van der Waals surface area contributed by atoms with Crippen molar-refractivity contribution in [2.45, 2.75) is 18.2 Å². The van der Waals surface area contributed by atoms with Gasteiger partial charge in [0.05, 0.1) is 108 Å². The Hall–Kier alpha value is -16.3. The minimum Gasteiger partial charge on any atom is -0.481 e. The molecule has 5 N–H and O–H groups in total. The summed E-state index contributed by atoms with van der Waals surface area (Å²) in [7, 11) is 20.8. The molecule has 0 aliphatic heterocycles. The fraction of sp³-hybridized carbons (Fsp3) is 0.168. The van der Waals surface area contributed by atoms with E-state index in [1.54, 1.807) is 209 Å². The lowest BCUT2D eigenvalue weighted by molar-refractivity contribution is 0.103. The van der Waals surface area contributed by atoms with Gasteiger partial charge in [-0.3, -0.25) is 19.6 Å². The number of halogens is 1. The molecule has 130 heavy (non-hydrogen) atoms. The van der Waals surface area contributed by atoms with Gasteiger partial charge in [-0.25, -0.2) is 59.8 Å². The predicted octanol–water partition coefficient (Wildman–Crippen LogP) is 15.1. The third-order valence-electron chi connectivity index (χ3n) is 18.9. The van der Waals surface area contributed by atoms with Crippen LogP contribution in [0.15, 0.2) is 285 Å². The molecule has 0 saturated carbocycles. The van der Waals surface area contributed by atoms with Gasteiger partial charge in [0, 0.05) is 233 Å². The summed E-state index contributed by atoms with van der Waals surface area (Å²) in [5.41, 5.74) is 20.3. The number of hydrogen-bond acceptors (Lipinski definition) is 33. The number of pyridine rings is 12. The highest BCUT2D eigenvalue weighted by Gasteiger charge is 2.21. The number of ketones is 1. The van der Waals surface area contributed by atoms with Crippen molar-refractivity contribution in [3.63, 3.8) is 0 Å². The van der Waals surface area contributed by atoms with Crippen LogP contribution in [0.2, 0.25) is 0 Å². The zero-order valence-electron chi connectivity index (χ0n) is 73.0. The van der Waals surface area contributed by atoms with Crippen molar-refractivity contribution in [1.29, 1.82) is 0 Å². The number of ether oxygens (including phenoxy) is 12. The van der Waals surface area contributed by atoms with Gasteiger partial charge in [0.25, 0.3) is 0 Å². The molecule has 0 saturated heterocycles. The number of oxime groups is 1. The lowest BCUT2D eigenvalue weighted by Crippen LogP contribution is -2.13. The van der Waals surface area contributed by atoms with Crippen LogP contribution < -0.4 is 67.9 Å². The van der Waals surface area contributed by atoms with Gasteiger partial charge >= 0.3 is 0 Å². The van der Waals surface area contributed by atoms with E-state index in [4.69, 9.17) is 67.8 Å². The first-order valence-corrected chi connectivity index (χ1v) is 40.0. The quantitative estimate of drug-likeness (QED) is 0.0129. The van der Waals surface area contributed by atoms with Crippen molar-refractivity contribution < 1.29 is 76.7 Å². The summed E-state index contributed by atoms with van der Waals surface area (Å²) in [5.74, 6) is 6.22. The minimum absolute atomic E-state index is 0.139. The number of aryl methyl sites for hydroxylation is 1. The van der Waals surface area contributed by atoms with Gasteiger partial charge in [-0.2, -0.15) is 0 Å². The van der Waals surface area contributed by atoms with Crippen molar-refractivity contribution in [2.75, 3.05) is 90.6 Å². The smallest absolute Gasteiger partial charge is 0.212 e. The van der Waals surface area contributed by atoms with E-state index >= 15 is 0 Å². The molecule has 0 radical (unpaired) electrons. The molecule has 2 aromatic carbocycles. The van der Waals surface area contributed by atoms with Crippen LogP contribution in [0.25, 0.3) is 33.1 Å². The number of hydrogen-bond donors (Lipinski definition) is 4. The normalized spacial score (nSPS) is 10.3. The molecule has 35 heteroatoms. The van der Waals surface area contributed by atoms with Gasteiger partial charge in [-0.15, -0.1) is 0 Å². The summed E-state index contributed by atoms with van der Waals surface area (Å²) in [4.78, 5) is 80.6. The number of aliphatic hydroxyl groups excluding tert-OH is 1. The second kappa shape index (κ2) is 49.4. The number of fused-ring (bicyclic) bond motifs is 2. The van der Waals surface area contributed by atoms with E-state index in [0.717, 1.165) is 66.4 Å².